The van der Waals surface area contributed by atoms with E-state index in [4.69, 9.17) is 4.74 Å². The largest absolute Gasteiger partial charge is 0.456 e. The van der Waals surface area contributed by atoms with Gasteiger partial charge in [-0.15, -0.1) is 0 Å². The number of halogens is 1. The number of carbonyl (C=O) groups excluding carboxylic acids is 1. The molecular weight excluding hydrogens is 348 g/mol. The lowest BCUT2D eigenvalue weighted by molar-refractivity contribution is 0.00674. The molecular formula is C16H17BrN2O3. The Kier molecular flexibility index (Phi) is 3.59. The number of aromatic nitrogens is 2. The summed E-state index contributed by atoms with van der Waals surface area (Å²) in [4.78, 5) is 29.3. The van der Waals surface area contributed by atoms with Crippen LogP contribution in [0.15, 0.2) is 27.7 Å². The number of nitrogens with zero attached hydrogens (tertiary/aromatic N) is 2. The fourth-order valence-corrected chi connectivity index (χ4v) is 2.65. The average molecular weight is 365 g/mol. The molecule has 0 amide bonds. The van der Waals surface area contributed by atoms with Crippen molar-refractivity contribution in [3.05, 3.63) is 38.7 Å². The van der Waals surface area contributed by atoms with Crippen molar-refractivity contribution in [2.75, 3.05) is 0 Å². The molecule has 22 heavy (non-hydrogen) atoms. The lowest BCUT2D eigenvalue weighted by Gasteiger charge is -2.20. The van der Waals surface area contributed by atoms with E-state index in [9.17, 15) is 9.59 Å². The normalized spacial score (nSPS) is 15.1. The molecule has 3 rings (SSSR count). The monoisotopic (exact) mass is 364 g/mol. The number of carbonyl (C=O) groups is 1. The van der Waals surface area contributed by atoms with Crippen LogP contribution in [-0.4, -0.2) is 21.1 Å². The van der Waals surface area contributed by atoms with E-state index in [0.717, 1.165) is 12.8 Å². The van der Waals surface area contributed by atoms with Gasteiger partial charge in [0, 0.05) is 22.9 Å². The predicted octanol–water partition coefficient (Wildman–Crippen LogP) is 3.45. The first-order valence-corrected chi connectivity index (χ1v) is 7.99. The highest BCUT2D eigenvalue weighted by molar-refractivity contribution is 9.10. The maximum atomic E-state index is 12.6. The van der Waals surface area contributed by atoms with Crippen LogP contribution in [0.3, 0.4) is 0 Å². The Labute approximate surface area is 136 Å². The molecule has 0 unspecified atom stereocenters. The minimum atomic E-state index is -0.640. The van der Waals surface area contributed by atoms with Crippen molar-refractivity contribution in [2.24, 2.45) is 0 Å². The van der Waals surface area contributed by atoms with E-state index in [1.165, 1.54) is 0 Å². The molecule has 0 spiro atoms. The van der Waals surface area contributed by atoms with Gasteiger partial charge < -0.3 is 9.30 Å². The van der Waals surface area contributed by atoms with Gasteiger partial charge in [-0.25, -0.2) is 9.78 Å². The molecule has 2 heterocycles. The van der Waals surface area contributed by atoms with Gasteiger partial charge in [0.05, 0.1) is 5.39 Å². The van der Waals surface area contributed by atoms with Crippen LogP contribution in [0.1, 0.15) is 50.0 Å². The summed E-state index contributed by atoms with van der Waals surface area (Å²) < 4.78 is 7.98. The highest BCUT2D eigenvalue weighted by Gasteiger charge is 2.28. The number of rotatable bonds is 2. The van der Waals surface area contributed by atoms with Crippen LogP contribution in [0.4, 0.5) is 0 Å². The minimum Gasteiger partial charge on any atom is -0.456 e. The Morgan fingerprint density at radius 1 is 1.41 bits per heavy atom. The number of fused-ring (bicyclic) bond motifs is 1. The van der Waals surface area contributed by atoms with Crippen LogP contribution in [0.2, 0.25) is 0 Å². The van der Waals surface area contributed by atoms with E-state index in [-0.39, 0.29) is 11.0 Å². The Balaban J connectivity index is 2.20. The van der Waals surface area contributed by atoms with Gasteiger partial charge in [-0.05, 0) is 55.6 Å². The standard InChI is InChI=1S/C16H17BrN2O3/c1-16(2,3)22-15(21)12-8-19(10-4-5-10)14-11(13(12)20)6-9(17)7-18-14/h6-8,10H,4-5H2,1-3H3. The molecule has 0 saturated heterocycles. The summed E-state index contributed by atoms with van der Waals surface area (Å²) in [6.07, 6.45) is 5.32. The van der Waals surface area contributed by atoms with Crippen molar-refractivity contribution in [2.45, 2.75) is 45.3 Å². The number of pyridine rings is 2. The van der Waals surface area contributed by atoms with Gasteiger partial charge >= 0.3 is 5.97 Å². The van der Waals surface area contributed by atoms with Crippen LogP contribution in [0.25, 0.3) is 11.0 Å². The van der Waals surface area contributed by atoms with Gasteiger partial charge in [-0.1, -0.05) is 0 Å². The number of hydrogen-bond acceptors (Lipinski definition) is 4. The second-order valence-corrected chi connectivity index (χ2v) is 7.45. The lowest BCUT2D eigenvalue weighted by Crippen LogP contribution is -2.28. The molecule has 1 fully saturated rings. The van der Waals surface area contributed by atoms with Gasteiger partial charge in [0.25, 0.3) is 0 Å². The molecule has 2 aromatic rings. The second-order valence-electron chi connectivity index (χ2n) is 6.54. The smallest absolute Gasteiger partial charge is 0.344 e. The first-order valence-electron chi connectivity index (χ1n) is 7.20. The zero-order chi connectivity index (χ0) is 16.1. The molecule has 116 valence electrons. The Morgan fingerprint density at radius 2 is 2.09 bits per heavy atom. The Hall–Kier alpha value is -1.69. The fraction of sp³-hybridized carbons (Fsp3) is 0.438. The first-order chi connectivity index (χ1) is 10.3. The van der Waals surface area contributed by atoms with Crippen LogP contribution < -0.4 is 5.43 Å². The number of esters is 1. The van der Waals surface area contributed by atoms with Crippen LogP contribution in [0.5, 0.6) is 0 Å². The molecule has 5 nitrogen and oxygen atoms in total. The Morgan fingerprint density at radius 3 is 2.68 bits per heavy atom. The molecule has 6 heteroatoms. The molecule has 0 aromatic carbocycles. The molecule has 0 radical (unpaired) electrons. The first kappa shape index (κ1) is 15.2. The number of hydrogen-bond donors (Lipinski definition) is 0. The summed E-state index contributed by atoms with van der Waals surface area (Å²) in [6.45, 7) is 5.34. The third kappa shape index (κ3) is 2.92. The van der Waals surface area contributed by atoms with E-state index < -0.39 is 11.6 Å². The van der Waals surface area contributed by atoms with Gasteiger partial charge in [0.2, 0.25) is 5.43 Å². The topological polar surface area (TPSA) is 61.2 Å². The molecule has 1 aliphatic rings. The van der Waals surface area contributed by atoms with Crippen molar-refractivity contribution in [3.63, 3.8) is 0 Å². The van der Waals surface area contributed by atoms with E-state index in [1.54, 1.807) is 39.2 Å². The van der Waals surface area contributed by atoms with Crippen LogP contribution in [0, 0.1) is 0 Å². The summed E-state index contributed by atoms with van der Waals surface area (Å²) in [5.41, 5.74) is -0.300. The van der Waals surface area contributed by atoms with Gasteiger partial charge in [0.1, 0.15) is 16.8 Å². The van der Waals surface area contributed by atoms with Gasteiger partial charge in [-0.2, -0.15) is 0 Å². The summed E-state index contributed by atoms with van der Waals surface area (Å²) in [6, 6.07) is 2.01. The molecule has 0 atom stereocenters. The third-order valence-corrected chi connectivity index (χ3v) is 3.83. The zero-order valence-electron chi connectivity index (χ0n) is 12.7. The van der Waals surface area contributed by atoms with Crippen molar-refractivity contribution in [3.8, 4) is 0 Å². The molecule has 0 aliphatic heterocycles. The molecule has 0 N–H and O–H groups in total. The van der Waals surface area contributed by atoms with Crippen LogP contribution >= 0.6 is 15.9 Å². The van der Waals surface area contributed by atoms with E-state index >= 15 is 0 Å². The quantitative estimate of drug-likeness (QED) is 0.765. The summed E-state index contributed by atoms with van der Waals surface area (Å²) >= 11 is 3.33. The SMILES string of the molecule is CC(C)(C)OC(=O)c1cn(C2CC2)c2ncc(Br)cc2c1=O. The van der Waals surface area contributed by atoms with Crippen molar-refractivity contribution >= 4 is 32.9 Å². The van der Waals surface area contributed by atoms with E-state index in [1.807, 2.05) is 4.57 Å². The summed E-state index contributed by atoms with van der Waals surface area (Å²) in [5, 5.41) is 0.435. The van der Waals surface area contributed by atoms with E-state index in [2.05, 4.69) is 20.9 Å². The van der Waals surface area contributed by atoms with Crippen molar-refractivity contribution in [1.29, 1.82) is 0 Å². The highest BCUT2D eigenvalue weighted by atomic mass is 79.9. The van der Waals surface area contributed by atoms with Crippen molar-refractivity contribution in [1.82, 2.24) is 9.55 Å². The minimum absolute atomic E-state index is 0.0641. The van der Waals surface area contributed by atoms with E-state index in [0.29, 0.717) is 21.5 Å². The summed E-state index contributed by atoms with van der Waals surface area (Å²) in [7, 11) is 0. The van der Waals surface area contributed by atoms with Gasteiger partial charge in [0.15, 0.2) is 0 Å². The predicted molar refractivity (Wildman–Crippen MR) is 87.1 cm³/mol. The maximum absolute atomic E-state index is 12.6. The average Bonchev–Trinajstić information content (AvgIpc) is 3.22. The summed E-state index contributed by atoms with van der Waals surface area (Å²) in [5.74, 6) is -0.589. The maximum Gasteiger partial charge on any atom is 0.344 e. The van der Waals surface area contributed by atoms with Gasteiger partial charge in [-0.3, -0.25) is 4.79 Å². The molecule has 0 bridgehead atoms. The van der Waals surface area contributed by atoms with Crippen LogP contribution in [-0.2, 0) is 4.74 Å². The molecule has 1 saturated carbocycles. The number of ether oxygens (including phenoxy) is 1. The zero-order valence-corrected chi connectivity index (χ0v) is 14.3. The van der Waals surface area contributed by atoms with Crippen molar-refractivity contribution < 1.29 is 9.53 Å². The Bertz CT molecular complexity index is 816. The molecule has 2 aromatic heterocycles. The fourth-order valence-electron chi connectivity index (χ4n) is 2.32. The second kappa shape index (κ2) is 5.19. The molecule has 1 aliphatic carbocycles. The lowest BCUT2D eigenvalue weighted by atomic mass is 10.1. The highest BCUT2D eigenvalue weighted by Crippen LogP contribution is 2.36. The third-order valence-electron chi connectivity index (χ3n) is 3.39.